The van der Waals surface area contributed by atoms with E-state index in [-0.39, 0.29) is 0 Å². The van der Waals surface area contributed by atoms with Gasteiger partial charge in [-0.15, -0.1) is 0 Å². The number of hydrogen-bond acceptors (Lipinski definition) is 2. The lowest BCUT2D eigenvalue weighted by Gasteiger charge is -2.42. The molecule has 0 aromatic rings. The van der Waals surface area contributed by atoms with Crippen molar-refractivity contribution < 1.29 is 4.43 Å². The van der Waals surface area contributed by atoms with Gasteiger partial charge in [0.2, 0.25) is 0 Å². The number of likely N-dealkylation sites (N-methyl/N-ethyl adjacent to an activating group) is 1. The first-order valence-electron chi connectivity index (χ1n) is 5.44. The van der Waals surface area contributed by atoms with E-state index in [2.05, 4.69) is 32.6 Å². The zero-order valence-corrected chi connectivity index (χ0v) is 11.9. The van der Waals surface area contributed by atoms with Gasteiger partial charge in [-0.2, -0.15) is 0 Å². The molecule has 3 heteroatoms. The van der Waals surface area contributed by atoms with Crippen LogP contribution in [-0.2, 0) is 4.43 Å². The van der Waals surface area contributed by atoms with Gasteiger partial charge in [0.25, 0.3) is 0 Å². The number of nitrogens with zero attached hydrogens (tertiary/aromatic N) is 1. The molecular weight excluding hydrogens is 178 g/mol. The van der Waals surface area contributed by atoms with Crippen molar-refractivity contribution in [1.29, 1.82) is 0 Å². The highest BCUT2D eigenvalue weighted by molar-refractivity contribution is 5.98. The molecule has 0 aromatic heterocycles. The minimum atomic E-state index is 0.297. The zero-order valence-electron chi connectivity index (χ0n) is 9.89. The van der Waals surface area contributed by atoms with Gasteiger partial charge in [-0.25, -0.2) is 0 Å². The van der Waals surface area contributed by atoms with Crippen LogP contribution in [0.3, 0.4) is 0 Å². The van der Waals surface area contributed by atoms with Crippen LogP contribution in [0.1, 0.15) is 40.5 Å². The van der Waals surface area contributed by atoms with Gasteiger partial charge in [-0.3, -0.25) is 4.90 Å². The molecule has 0 atom stereocenters. The average Bonchev–Trinajstić information content (AvgIpc) is 2.18. The molecule has 80 valence electrons. The summed E-state index contributed by atoms with van der Waals surface area (Å²) in [5.41, 5.74) is 0.297. The minimum absolute atomic E-state index is 0.297. The van der Waals surface area contributed by atoms with E-state index in [4.69, 9.17) is 4.43 Å². The summed E-state index contributed by atoms with van der Waals surface area (Å²) in [6.45, 7) is 12.2. The van der Waals surface area contributed by atoms with E-state index in [9.17, 15) is 0 Å². The van der Waals surface area contributed by atoms with E-state index in [1.165, 1.54) is 12.8 Å². The van der Waals surface area contributed by atoms with E-state index in [0.717, 1.165) is 30.2 Å². The van der Waals surface area contributed by atoms with Crippen LogP contribution in [0.5, 0.6) is 0 Å². The Hall–Kier alpha value is 0.137. The molecule has 0 aromatic carbocycles. The van der Waals surface area contributed by atoms with Gasteiger partial charge in [0.05, 0.1) is 6.61 Å². The zero-order chi connectivity index (χ0) is 10.3. The molecule has 0 rings (SSSR count). The quantitative estimate of drug-likeness (QED) is 0.576. The Balaban J connectivity index is 4.50. The van der Waals surface area contributed by atoms with Gasteiger partial charge in [-0.05, 0) is 25.9 Å². The lowest BCUT2D eigenvalue weighted by molar-refractivity contribution is 0.0427. The van der Waals surface area contributed by atoms with Crippen LogP contribution in [-0.4, -0.2) is 40.6 Å². The second kappa shape index (κ2) is 6.57. The fourth-order valence-electron chi connectivity index (χ4n) is 2.16. The van der Waals surface area contributed by atoms with E-state index in [0.29, 0.717) is 5.54 Å². The van der Waals surface area contributed by atoms with Crippen molar-refractivity contribution in [2.75, 3.05) is 19.7 Å². The first kappa shape index (κ1) is 13.1. The summed E-state index contributed by atoms with van der Waals surface area (Å²) in [7, 11) is 0.853. The minimum Gasteiger partial charge on any atom is -0.426 e. The Morgan fingerprint density at radius 3 is 1.77 bits per heavy atom. The SMILES string of the molecule is CCN(CC)C(CC)(CC)CO[SiH3]. The van der Waals surface area contributed by atoms with E-state index in [1.807, 2.05) is 0 Å². The lowest BCUT2D eigenvalue weighted by atomic mass is 9.91. The molecule has 13 heavy (non-hydrogen) atoms. The van der Waals surface area contributed by atoms with Crippen molar-refractivity contribution in [2.24, 2.45) is 0 Å². The standard InChI is InChI=1S/C10H25NOSi/c1-5-10(6-2,9-12-13)11(7-3)8-4/h5-9H2,1-4,13H3. The van der Waals surface area contributed by atoms with Gasteiger partial charge in [0.15, 0.2) is 0 Å². The predicted molar refractivity (Wildman–Crippen MR) is 62.1 cm³/mol. The first-order chi connectivity index (χ1) is 6.20. The first-order valence-corrected chi connectivity index (χ1v) is 6.26. The Bertz CT molecular complexity index is 122. The third-order valence-corrected chi connectivity index (χ3v) is 3.45. The molecule has 0 aliphatic rings. The molecule has 0 aliphatic carbocycles. The Kier molecular flexibility index (Phi) is 6.64. The fraction of sp³-hybridized carbons (Fsp3) is 1.00. The van der Waals surface area contributed by atoms with Gasteiger partial charge in [-0.1, -0.05) is 27.7 Å². The second-order valence-electron chi connectivity index (χ2n) is 3.54. The third-order valence-electron chi connectivity index (χ3n) is 3.16. The molecule has 0 unspecified atom stereocenters. The molecule has 0 saturated carbocycles. The van der Waals surface area contributed by atoms with Crippen LogP contribution < -0.4 is 0 Å². The van der Waals surface area contributed by atoms with Crippen LogP contribution in [0, 0.1) is 0 Å². The second-order valence-corrected chi connectivity index (χ2v) is 4.11. The molecule has 0 saturated heterocycles. The summed E-state index contributed by atoms with van der Waals surface area (Å²) in [5, 5.41) is 0. The largest absolute Gasteiger partial charge is 0.426 e. The van der Waals surface area contributed by atoms with Crippen LogP contribution >= 0.6 is 0 Å². The van der Waals surface area contributed by atoms with Crippen LogP contribution in [0.4, 0.5) is 0 Å². The average molecular weight is 203 g/mol. The fourth-order valence-corrected chi connectivity index (χ4v) is 2.69. The van der Waals surface area contributed by atoms with Crippen LogP contribution in [0.15, 0.2) is 0 Å². The maximum Gasteiger partial charge on any atom is 0.146 e. The smallest absolute Gasteiger partial charge is 0.146 e. The molecule has 0 heterocycles. The van der Waals surface area contributed by atoms with Crippen molar-refractivity contribution in [3.63, 3.8) is 0 Å². The lowest BCUT2D eigenvalue weighted by Crippen LogP contribution is -2.51. The molecule has 0 amide bonds. The third kappa shape index (κ3) is 3.08. The Morgan fingerprint density at radius 1 is 1.08 bits per heavy atom. The normalized spacial score (nSPS) is 12.7. The summed E-state index contributed by atoms with van der Waals surface area (Å²) < 4.78 is 5.47. The van der Waals surface area contributed by atoms with Crippen molar-refractivity contribution in [2.45, 2.75) is 46.1 Å². The number of hydrogen-bond donors (Lipinski definition) is 0. The molecule has 0 radical (unpaired) electrons. The van der Waals surface area contributed by atoms with E-state index >= 15 is 0 Å². The number of rotatable bonds is 7. The van der Waals surface area contributed by atoms with Crippen molar-refractivity contribution in [3.05, 3.63) is 0 Å². The van der Waals surface area contributed by atoms with Gasteiger partial charge < -0.3 is 4.43 Å². The summed E-state index contributed by atoms with van der Waals surface area (Å²) in [6, 6.07) is 0. The molecule has 0 fully saturated rings. The highest BCUT2D eigenvalue weighted by Gasteiger charge is 2.30. The van der Waals surface area contributed by atoms with Gasteiger partial charge in [0, 0.05) is 5.54 Å². The molecule has 0 aliphatic heterocycles. The van der Waals surface area contributed by atoms with E-state index < -0.39 is 0 Å². The summed E-state index contributed by atoms with van der Waals surface area (Å²) in [6.07, 6.45) is 2.38. The predicted octanol–water partition coefficient (Wildman–Crippen LogP) is 1.18. The Labute approximate surface area is 86.2 Å². The summed E-state index contributed by atoms with van der Waals surface area (Å²) >= 11 is 0. The monoisotopic (exact) mass is 203 g/mol. The maximum atomic E-state index is 5.47. The van der Waals surface area contributed by atoms with Gasteiger partial charge in [0.1, 0.15) is 10.5 Å². The van der Waals surface area contributed by atoms with Crippen molar-refractivity contribution in [1.82, 2.24) is 4.90 Å². The molecule has 0 spiro atoms. The van der Waals surface area contributed by atoms with Crippen LogP contribution in [0.2, 0.25) is 0 Å². The van der Waals surface area contributed by atoms with Crippen LogP contribution in [0.25, 0.3) is 0 Å². The topological polar surface area (TPSA) is 12.5 Å². The van der Waals surface area contributed by atoms with Gasteiger partial charge >= 0.3 is 0 Å². The molecule has 0 N–H and O–H groups in total. The molecule has 0 bridgehead atoms. The summed E-state index contributed by atoms with van der Waals surface area (Å²) in [5.74, 6) is 0. The molecule has 2 nitrogen and oxygen atoms in total. The van der Waals surface area contributed by atoms with Crippen molar-refractivity contribution in [3.8, 4) is 0 Å². The Morgan fingerprint density at radius 2 is 1.54 bits per heavy atom. The maximum absolute atomic E-state index is 5.47. The van der Waals surface area contributed by atoms with Crippen molar-refractivity contribution >= 4 is 10.5 Å². The molecular formula is C10H25NOSi. The highest BCUT2D eigenvalue weighted by Crippen LogP contribution is 2.23. The summed E-state index contributed by atoms with van der Waals surface area (Å²) in [4.78, 5) is 2.53. The van der Waals surface area contributed by atoms with E-state index in [1.54, 1.807) is 0 Å². The highest BCUT2D eigenvalue weighted by atomic mass is 28.2.